The van der Waals surface area contributed by atoms with Crippen molar-refractivity contribution >= 4 is 28.6 Å². The molecule has 0 saturated carbocycles. The van der Waals surface area contributed by atoms with E-state index in [9.17, 15) is 4.79 Å². The second-order valence-electron chi connectivity index (χ2n) is 7.36. The SMILES string of the molecule is NC(=O)c1cc(-c2ccc3c(c2)CCO3)cc2c(C3CCSCC3)c[nH]c12. The van der Waals surface area contributed by atoms with Gasteiger partial charge in [-0.3, -0.25) is 4.79 Å². The molecule has 3 heterocycles. The summed E-state index contributed by atoms with van der Waals surface area (Å²) in [5.41, 5.74) is 11.8. The maximum Gasteiger partial charge on any atom is 0.250 e. The summed E-state index contributed by atoms with van der Waals surface area (Å²) < 4.78 is 5.63. The van der Waals surface area contributed by atoms with Crippen molar-refractivity contribution in [2.45, 2.75) is 25.2 Å². The van der Waals surface area contributed by atoms with E-state index in [1.165, 1.54) is 35.5 Å². The molecule has 0 bridgehead atoms. The Morgan fingerprint density at radius 1 is 1.15 bits per heavy atom. The molecular weight excluding hydrogens is 356 g/mol. The number of carbonyl (C=O) groups is 1. The lowest BCUT2D eigenvalue weighted by Crippen LogP contribution is -2.12. The van der Waals surface area contributed by atoms with E-state index in [0.717, 1.165) is 40.8 Å². The van der Waals surface area contributed by atoms with Crippen LogP contribution in [-0.2, 0) is 6.42 Å². The number of amides is 1. The van der Waals surface area contributed by atoms with Crippen molar-refractivity contribution in [1.82, 2.24) is 4.98 Å². The van der Waals surface area contributed by atoms with E-state index >= 15 is 0 Å². The number of H-pyrrole nitrogens is 1. The van der Waals surface area contributed by atoms with Crippen molar-refractivity contribution in [3.8, 4) is 16.9 Å². The van der Waals surface area contributed by atoms with E-state index in [1.807, 2.05) is 23.9 Å². The zero-order chi connectivity index (χ0) is 18.4. The number of hydrogen-bond acceptors (Lipinski definition) is 3. The van der Waals surface area contributed by atoms with E-state index < -0.39 is 0 Å². The fourth-order valence-electron chi connectivity index (χ4n) is 4.33. The Morgan fingerprint density at radius 2 is 2.00 bits per heavy atom. The summed E-state index contributed by atoms with van der Waals surface area (Å²) >= 11 is 2.02. The first-order valence-electron chi connectivity index (χ1n) is 9.49. The van der Waals surface area contributed by atoms with Crippen molar-refractivity contribution in [3.05, 3.63) is 53.2 Å². The van der Waals surface area contributed by atoms with Crippen LogP contribution in [0.15, 0.2) is 36.5 Å². The molecule has 0 unspecified atom stereocenters. The van der Waals surface area contributed by atoms with Crippen molar-refractivity contribution in [2.75, 3.05) is 18.1 Å². The lowest BCUT2D eigenvalue weighted by atomic mass is 9.90. The predicted octanol–water partition coefficient (Wildman–Crippen LogP) is 4.48. The molecule has 2 aliphatic rings. The second-order valence-corrected chi connectivity index (χ2v) is 8.59. The zero-order valence-electron chi connectivity index (χ0n) is 15.1. The Balaban J connectivity index is 1.67. The highest BCUT2D eigenvalue weighted by molar-refractivity contribution is 7.99. The van der Waals surface area contributed by atoms with Gasteiger partial charge in [0, 0.05) is 18.0 Å². The maximum absolute atomic E-state index is 12.2. The molecule has 5 rings (SSSR count). The average Bonchev–Trinajstić information content (AvgIpc) is 3.33. The molecular formula is C22H22N2O2S. The van der Waals surface area contributed by atoms with Crippen LogP contribution in [0.4, 0.5) is 0 Å². The number of rotatable bonds is 3. The molecule has 4 nitrogen and oxygen atoms in total. The minimum Gasteiger partial charge on any atom is -0.493 e. The summed E-state index contributed by atoms with van der Waals surface area (Å²) in [7, 11) is 0. The number of thioether (sulfide) groups is 1. The molecule has 1 aromatic heterocycles. The first-order valence-corrected chi connectivity index (χ1v) is 10.6. The van der Waals surface area contributed by atoms with Crippen LogP contribution in [0.3, 0.4) is 0 Å². The number of hydrogen-bond donors (Lipinski definition) is 2. The topological polar surface area (TPSA) is 68.1 Å². The highest BCUT2D eigenvalue weighted by atomic mass is 32.2. The molecule has 0 spiro atoms. The Bertz CT molecular complexity index is 1030. The Kier molecular flexibility index (Phi) is 4.12. The number of fused-ring (bicyclic) bond motifs is 2. The van der Waals surface area contributed by atoms with Crippen LogP contribution in [0.25, 0.3) is 22.0 Å². The minimum absolute atomic E-state index is 0.390. The molecule has 0 radical (unpaired) electrons. The van der Waals surface area contributed by atoms with Gasteiger partial charge in [0.15, 0.2) is 0 Å². The fraction of sp³-hybridized carbons (Fsp3) is 0.318. The number of ether oxygens (including phenoxy) is 1. The summed E-state index contributed by atoms with van der Waals surface area (Å²) in [6, 6.07) is 10.4. The molecule has 1 saturated heterocycles. The molecule has 5 heteroatoms. The standard InChI is InChI=1S/C22H22N2O2S/c23-22(25)18-11-16(14-1-2-20-15(9-14)3-6-26-20)10-17-19(12-24-21(17)18)13-4-7-27-8-5-13/h1-2,9-13,24H,3-8H2,(H2,23,25). The molecule has 2 aromatic carbocycles. The fourth-order valence-corrected chi connectivity index (χ4v) is 5.43. The quantitative estimate of drug-likeness (QED) is 0.706. The van der Waals surface area contributed by atoms with Crippen molar-refractivity contribution < 1.29 is 9.53 Å². The number of carbonyl (C=O) groups excluding carboxylic acids is 1. The van der Waals surface area contributed by atoms with E-state index in [0.29, 0.717) is 11.5 Å². The van der Waals surface area contributed by atoms with Crippen LogP contribution < -0.4 is 10.5 Å². The van der Waals surface area contributed by atoms with Gasteiger partial charge in [-0.2, -0.15) is 11.8 Å². The number of benzene rings is 2. The smallest absolute Gasteiger partial charge is 0.250 e. The van der Waals surface area contributed by atoms with Gasteiger partial charge in [0.2, 0.25) is 0 Å². The Hall–Kier alpha value is -2.40. The number of nitrogens with two attached hydrogens (primary N) is 1. The lowest BCUT2D eigenvalue weighted by molar-refractivity contribution is 0.100. The van der Waals surface area contributed by atoms with Gasteiger partial charge in [-0.25, -0.2) is 0 Å². The summed E-state index contributed by atoms with van der Waals surface area (Å²) in [5.74, 6) is 3.52. The highest BCUT2D eigenvalue weighted by Crippen LogP contribution is 2.39. The number of aromatic nitrogens is 1. The van der Waals surface area contributed by atoms with Crippen LogP contribution in [0.1, 0.15) is 40.2 Å². The third-order valence-electron chi connectivity index (χ3n) is 5.77. The van der Waals surface area contributed by atoms with E-state index in [2.05, 4.69) is 29.4 Å². The van der Waals surface area contributed by atoms with E-state index in [-0.39, 0.29) is 5.91 Å². The third kappa shape index (κ3) is 2.90. The minimum atomic E-state index is -0.390. The molecule has 1 fully saturated rings. The molecule has 3 N–H and O–H groups in total. The van der Waals surface area contributed by atoms with Gasteiger partial charge in [0.05, 0.1) is 17.7 Å². The summed E-state index contributed by atoms with van der Waals surface area (Å²) in [5, 5.41) is 1.13. The second kappa shape index (κ2) is 6.64. The third-order valence-corrected chi connectivity index (χ3v) is 6.82. The first kappa shape index (κ1) is 16.8. The maximum atomic E-state index is 12.2. The number of nitrogens with one attached hydrogen (secondary N) is 1. The summed E-state index contributed by atoms with van der Waals surface area (Å²) in [6.45, 7) is 0.742. The van der Waals surface area contributed by atoms with Crippen LogP contribution in [0.5, 0.6) is 5.75 Å². The molecule has 0 atom stereocenters. The molecule has 138 valence electrons. The molecule has 1 amide bonds. The van der Waals surface area contributed by atoms with Gasteiger partial charge in [-0.1, -0.05) is 6.07 Å². The zero-order valence-corrected chi connectivity index (χ0v) is 15.9. The number of aromatic amines is 1. The van der Waals surface area contributed by atoms with Crippen LogP contribution in [0.2, 0.25) is 0 Å². The van der Waals surface area contributed by atoms with Crippen molar-refractivity contribution in [2.24, 2.45) is 5.73 Å². The van der Waals surface area contributed by atoms with Crippen LogP contribution >= 0.6 is 11.8 Å². The summed E-state index contributed by atoms with van der Waals surface area (Å²) in [4.78, 5) is 15.5. The highest BCUT2D eigenvalue weighted by Gasteiger charge is 2.22. The molecule has 2 aliphatic heterocycles. The predicted molar refractivity (Wildman–Crippen MR) is 111 cm³/mol. The van der Waals surface area contributed by atoms with Gasteiger partial charge in [-0.05, 0) is 76.8 Å². The Labute approximate surface area is 162 Å². The van der Waals surface area contributed by atoms with Crippen molar-refractivity contribution in [1.29, 1.82) is 0 Å². The van der Waals surface area contributed by atoms with Gasteiger partial charge in [-0.15, -0.1) is 0 Å². The first-order chi connectivity index (χ1) is 13.2. The average molecular weight is 378 g/mol. The van der Waals surface area contributed by atoms with Crippen molar-refractivity contribution in [3.63, 3.8) is 0 Å². The molecule has 0 aliphatic carbocycles. The Morgan fingerprint density at radius 3 is 2.81 bits per heavy atom. The monoisotopic (exact) mass is 378 g/mol. The van der Waals surface area contributed by atoms with Gasteiger partial charge < -0.3 is 15.5 Å². The molecule has 3 aromatic rings. The van der Waals surface area contributed by atoms with Gasteiger partial charge in [0.1, 0.15) is 5.75 Å². The van der Waals surface area contributed by atoms with Crippen LogP contribution in [0, 0.1) is 0 Å². The lowest BCUT2D eigenvalue weighted by Gasteiger charge is -2.21. The van der Waals surface area contributed by atoms with E-state index in [4.69, 9.17) is 10.5 Å². The van der Waals surface area contributed by atoms with Crippen LogP contribution in [-0.4, -0.2) is 29.0 Å². The van der Waals surface area contributed by atoms with Gasteiger partial charge in [0.25, 0.3) is 5.91 Å². The summed E-state index contributed by atoms with van der Waals surface area (Å²) in [6.07, 6.45) is 5.38. The van der Waals surface area contributed by atoms with Gasteiger partial charge >= 0.3 is 0 Å². The normalized spacial score (nSPS) is 17.0. The number of primary amides is 1. The van der Waals surface area contributed by atoms with E-state index in [1.54, 1.807) is 0 Å². The molecule has 27 heavy (non-hydrogen) atoms. The largest absolute Gasteiger partial charge is 0.493 e.